The second kappa shape index (κ2) is 7.13. The van der Waals surface area contributed by atoms with Crippen molar-refractivity contribution in [3.63, 3.8) is 0 Å². The molecule has 0 spiro atoms. The van der Waals surface area contributed by atoms with Crippen molar-refractivity contribution in [1.82, 2.24) is 5.32 Å². The van der Waals surface area contributed by atoms with Gasteiger partial charge in [-0.2, -0.15) is 0 Å². The molecule has 8 heteroatoms. The third-order valence-corrected chi connectivity index (χ3v) is 3.06. The molecule has 0 bridgehead atoms. The fraction of sp³-hybridized carbons (Fsp3) is 0.909. The van der Waals surface area contributed by atoms with Crippen LogP contribution in [0.5, 0.6) is 0 Å². The number of hydrogen-bond acceptors (Lipinski definition) is 7. The predicted molar refractivity (Wildman–Crippen MR) is 63.1 cm³/mol. The molecule has 112 valence electrons. The molecule has 0 aromatic carbocycles. The normalized spacial score (nSPS) is 36.8. The minimum absolute atomic E-state index is 0.354. The average Bonchev–Trinajstić information content (AvgIpc) is 2.42. The van der Waals surface area contributed by atoms with E-state index in [1.54, 1.807) is 0 Å². The topological polar surface area (TPSA) is 139 Å². The van der Waals surface area contributed by atoms with E-state index >= 15 is 0 Å². The zero-order valence-corrected chi connectivity index (χ0v) is 10.6. The van der Waals surface area contributed by atoms with Crippen LogP contribution in [0.25, 0.3) is 0 Å². The molecule has 1 saturated heterocycles. The third kappa shape index (κ3) is 3.62. The van der Waals surface area contributed by atoms with Crippen molar-refractivity contribution in [2.45, 2.75) is 50.0 Å². The van der Waals surface area contributed by atoms with E-state index in [0.717, 1.165) is 0 Å². The number of carbonyl (C=O) groups is 1. The van der Waals surface area contributed by atoms with Crippen molar-refractivity contribution < 1.29 is 35.1 Å². The number of amides is 1. The van der Waals surface area contributed by atoms with Gasteiger partial charge in [-0.25, -0.2) is 0 Å². The number of aliphatic hydroxyl groups excluding tert-OH is 5. The Morgan fingerprint density at radius 1 is 1.26 bits per heavy atom. The van der Waals surface area contributed by atoms with Crippen molar-refractivity contribution in [3.05, 3.63) is 0 Å². The molecule has 19 heavy (non-hydrogen) atoms. The van der Waals surface area contributed by atoms with Gasteiger partial charge in [0.2, 0.25) is 0 Å². The maximum atomic E-state index is 11.6. The highest BCUT2D eigenvalue weighted by atomic mass is 16.6. The first-order chi connectivity index (χ1) is 8.93. The molecule has 1 fully saturated rings. The lowest BCUT2D eigenvalue weighted by molar-refractivity contribution is -0.247. The minimum atomic E-state index is -1.70. The maximum absolute atomic E-state index is 11.6. The predicted octanol–water partition coefficient (Wildman–Crippen LogP) is -3.28. The number of rotatable bonds is 5. The summed E-state index contributed by atoms with van der Waals surface area (Å²) in [4.78, 5) is 11.6. The van der Waals surface area contributed by atoms with Crippen molar-refractivity contribution in [1.29, 1.82) is 0 Å². The van der Waals surface area contributed by atoms with Gasteiger partial charge >= 0.3 is 0 Å². The molecule has 6 N–H and O–H groups in total. The molecule has 1 amide bonds. The number of carbonyl (C=O) groups excluding carboxylic acids is 1. The third-order valence-electron chi connectivity index (χ3n) is 3.06. The standard InChI is InChI=1S/C11H21NO7/c1-2-3-12-11(18)9(17)10-8(16)7(15)6(14)5(4-13)19-10/h5-10,13-17H,2-4H2,1H3,(H,12,18)/t5-,6-,7+,8+,9?,10?/m1/s1. The van der Waals surface area contributed by atoms with Crippen LogP contribution < -0.4 is 5.32 Å². The Balaban J connectivity index is 2.72. The van der Waals surface area contributed by atoms with E-state index in [4.69, 9.17) is 9.84 Å². The van der Waals surface area contributed by atoms with Crippen molar-refractivity contribution in [2.24, 2.45) is 0 Å². The van der Waals surface area contributed by atoms with Gasteiger partial charge in [0.15, 0.2) is 6.10 Å². The number of aliphatic hydroxyl groups is 5. The van der Waals surface area contributed by atoms with E-state index in [2.05, 4.69) is 5.32 Å². The van der Waals surface area contributed by atoms with Crippen LogP contribution in [0.4, 0.5) is 0 Å². The van der Waals surface area contributed by atoms with Crippen LogP contribution in [0.2, 0.25) is 0 Å². The molecule has 8 nitrogen and oxygen atoms in total. The first-order valence-corrected chi connectivity index (χ1v) is 6.20. The second-order valence-corrected chi connectivity index (χ2v) is 4.53. The number of nitrogens with one attached hydrogen (secondary N) is 1. The van der Waals surface area contributed by atoms with E-state index in [0.29, 0.717) is 13.0 Å². The van der Waals surface area contributed by atoms with Gasteiger partial charge in [-0.1, -0.05) is 6.92 Å². The summed E-state index contributed by atoms with van der Waals surface area (Å²) in [7, 11) is 0. The van der Waals surface area contributed by atoms with Crippen LogP contribution in [0.15, 0.2) is 0 Å². The van der Waals surface area contributed by atoms with Crippen LogP contribution in [0, 0.1) is 0 Å². The largest absolute Gasteiger partial charge is 0.394 e. The SMILES string of the molecule is CCCNC(=O)C(O)C1O[C@H](CO)[C@@H](O)[C@H](O)[C@@H]1O. The van der Waals surface area contributed by atoms with Gasteiger partial charge in [0.05, 0.1) is 6.61 Å². The zero-order chi connectivity index (χ0) is 14.6. The summed E-state index contributed by atoms with van der Waals surface area (Å²) >= 11 is 0. The summed E-state index contributed by atoms with van der Waals surface area (Å²) in [5, 5.41) is 50.0. The van der Waals surface area contributed by atoms with E-state index in [9.17, 15) is 25.2 Å². The van der Waals surface area contributed by atoms with E-state index in [1.807, 2.05) is 6.92 Å². The minimum Gasteiger partial charge on any atom is -0.394 e. The second-order valence-electron chi connectivity index (χ2n) is 4.53. The average molecular weight is 279 g/mol. The molecule has 0 saturated carbocycles. The van der Waals surface area contributed by atoms with Gasteiger partial charge in [-0.3, -0.25) is 4.79 Å². The number of ether oxygens (including phenoxy) is 1. The van der Waals surface area contributed by atoms with Gasteiger partial charge in [0, 0.05) is 6.54 Å². The highest BCUT2D eigenvalue weighted by molar-refractivity contribution is 5.81. The van der Waals surface area contributed by atoms with Gasteiger partial charge in [-0.15, -0.1) is 0 Å². The van der Waals surface area contributed by atoms with Crippen LogP contribution in [-0.2, 0) is 9.53 Å². The Hall–Kier alpha value is -0.770. The van der Waals surface area contributed by atoms with Gasteiger partial charge < -0.3 is 35.6 Å². The van der Waals surface area contributed by atoms with Crippen LogP contribution in [-0.4, -0.2) is 81.2 Å². The van der Waals surface area contributed by atoms with Crippen LogP contribution >= 0.6 is 0 Å². The number of hydrogen-bond donors (Lipinski definition) is 6. The van der Waals surface area contributed by atoms with Gasteiger partial charge in [-0.05, 0) is 6.42 Å². The Morgan fingerprint density at radius 3 is 2.42 bits per heavy atom. The molecule has 1 aliphatic heterocycles. The lowest BCUT2D eigenvalue weighted by Gasteiger charge is -2.41. The fourth-order valence-corrected chi connectivity index (χ4v) is 1.89. The van der Waals surface area contributed by atoms with Crippen molar-refractivity contribution in [2.75, 3.05) is 13.2 Å². The van der Waals surface area contributed by atoms with Crippen molar-refractivity contribution >= 4 is 5.91 Å². The Bertz CT molecular complexity index is 299. The van der Waals surface area contributed by atoms with Crippen LogP contribution in [0.1, 0.15) is 13.3 Å². The van der Waals surface area contributed by atoms with Gasteiger partial charge in [0.1, 0.15) is 30.5 Å². The molecule has 1 heterocycles. The smallest absolute Gasteiger partial charge is 0.251 e. The summed E-state index contributed by atoms with van der Waals surface area (Å²) in [6.07, 6.45) is -8.32. The summed E-state index contributed by atoms with van der Waals surface area (Å²) in [6.45, 7) is 1.58. The summed E-state index contributed by atoms with van der Waals surface area (Å²) in [5.41, 5.74) is 0. The zero-order valence-electron chi connectivity index (χ0n) is 10.6. The maximum Gasteiger partial charge on any atom is 0.251 e. The molecule has 1 aliphatic rings. The molecule has 0 radical (unpaired) electrons. The molecule has 6 atom stereocenters. The molecule has 1 rings (SSSR count). The molecule has 2 unspecified atom stereocenters. The first-order valence-electron chi connectivity index (χ1n) is 6.20. The first kappa shape index (κ1) is 16.3. The van der Waals surface area contributed by atoms with E-state index < -0.39 is 49.1 Å². The lowest BCUT2D eigenvalue weighted by atomic mass is 9.92. The van der Waals surface area contributed by atoms with E-state index in [1.165, 1.54) is 0 Å². The summed E-state index contributed by atoms with van der Waals surface area (Å²) < 4.78 is 5.07. The molecule has 0 aromatic heterocycles. The molecular weight excluding hydrogens is 258 g/mol. The van der Waals surface area contributed by atoms with Crippen LogP contribution in [0.3, 0.4) is 0 Å². The highest BCUT2D eigenvalue weighted by Gasteiger charge is 2.47. The monoisotopic (exact) mass is 279 g/mol. The summed E-state index contributed by atoms with van der Waals surface area (Å²) in [6, 6.07) is 0. The Kier molecular flexibility index (Phi) is 6.11. The van der Waals surface area contributed by atoms with Crippen molar-refractivity contribution in [3.8, 4) is 0 Å². The van der Waals surface area contributed by atoms with E-state index in [-0.39, 0.29) is 0 Å². The van der Waals surface area contributed by atoms with Gasteiger partial charge in [0.25, 0.3) is 5.91 Å². The Morgan fingerprint density at radius 2 is 1.89 bits per heavy atom. The fourth-order valence-electron chi connectivity index (χ4n) is 1.89. The molecule has 0 aromatic rings. The lowest BCUT2D eigenvalue weighted by Crippen LogP contribution is -2.63. The molecular formula is C11H21NO7. The highest BCUT2D eigenvalue weighted by Crippen LogP contribution is 2.23. The summed E-state index contributed by atoms with van der Waals surface area (Å²) in [5.74, 6) is -0.744. The molecule has 0 aliphatic carbocycles. The Labute approximate surface area is 110 Å². The quantitative estimate of drug-likeness (QED) is 0.310.